The van der Waals surface area contributed by atoms with Crippen molar-refractivity contribution >= 4 is 10.0 Å². The van der Waals surface area contributed by atoms with E-state index < -0.39 is 15.8 Å². The summed E-state index contributed by atoms with van der Waals surface area (Å²) >= 11 is 0. The fourth-order valence-corrected chi connectivity index (χ4v) is 5.35. The first-order valence-corrected chi connectivity index (χ1v) is 11.2. The number of hydrogen-bond donors (Lipinski definition) is 1. The van der Waals surface area contributed by atoms with Crippen LogP contribution in [0.5, 0.6) is 11.5 Å². The van der Waals surface area contributed by atoms with Crippen molar-refractivity contribution in [3.63, 3.8) is 0 Å². The molecule has 5 nitrogen and oxygen atoms in total. The first kappa shape index (κ1) is 19.2. The van der Waals surface area contributed by atoms with Gasteiger partial charge < -0.3 is 9.47 Å². The van der Waals surface area contributed by atoms with Crippen LogP contribution in [0.3, 0.4) is 0 Å². The number of ether oxygens (including phenoxy) is 2. The predicted octanol–water partition coefficient (Wildman–Crippen LogP) is 3.53. The number of benzene rings is 2. The van der Waals surface area contributed by atoms with E-state index in [-0.39, 0.29) is 11.2 Å². The van der Waals surface area contributed by atoms with Crippen LogP contribution in [0.1, 0.15) is 36.8 Å². The van der Waals surface area contributed by atoms with E-state index in [0.717, 1.165) is 42.7 Å². The number of halogens is 1. The zero-order valence-electron chi connectivity index (χ0n) is 15.6. The molecule has 1 saturated carbocycles. The smallest absolute Gasteiger partial charge is 0.215 e. The summed E-state index contributed by atoms with van der Waals surface area (Å²) in [6.07, 6.45) is 3.93. The van der Waals surface area contributed by atoms with Crippen molar-refractivity contribution in [2.45, 2.75) is 36.9 Å². The lowest BCUT2D eigenvalue weighted by atomic mass is 9.79. The fourth-order valence-electron chi connectivity index (χ4n) is 4.14. The van der Waals surface area contributed by atoms with Gasteiger partial charge in [-0.25, -0.2) is 17.5 Å². The van der Waals surface area contributed by atoms with Crippen LogP contribution in [0.4, 0.5) is 4.39 Å². The topological polar surface area (TPSA) is 64.6 Å². The number of rotatable bonds is 6. The zero-order chi connectivity index (χ0) is 19.6. The van der Waals surface area contributed by atoms with Gasteiger partial charge in [-0.3, -0.25) is 0 Å². The van der Waals surface area contributed by atoms with Crippen molar-refractivity contribution in [2.75, 3.05) is 19.8 Å². The van der Waals surface area contributed by atoms with Crippen LogP contribution < -0.4 is 14.2 Å². The van der Waals surface area contributed by atoms with Gasteiger partial charge in [0.1, 0.15) is 19.0 Å². The summed E-state index contributed by atoms with van der Waals surface area (Å²) in [7, 11) is -3.57. The van der Waals surface area contributed by atoms with Gasteiger partial charge in [0, 0.05) is 12.0 Å². The lowest BCUT2D eigenvalue weighted by Gasteiger charge is -2.31. The van der Waals surface area contributed by atoms with E-state index in [0.29, 0.717) is 25.3 Å². The maximum Gasteiger partial charge on any atom is 0.215 e. The van der Waals surface area contributed by atoms with E-state index in [1.165, 1.54) is 18.2 Å². The van der Waals surface area contributed by atoms with E-state index in [9.17, 15) is 12.8 Å². The molecule has 150 valence electrons. The van der Waals surface area contributed by atoms with Crippen molar-refractivity contribution in [1.82, 2.24) is 4.72 Å². The molecule has 2 aromatic rings. The van der Waals surface area contributed by atoms with Gasteiger partial charge in [0.2, 0.25) is 10.0 Å². The molecule has 28 heavy (non-hydrogen) atoms. The van der Waals surface area contributed by atoms with Crippen molar-refractivity contribution < 1.29 is 22.3 Å². The molecule has 0 unspecified atom stereocenters. The largest absolute Gasteiger partial charge is 0.486 e. The highest BCUT2D eigenvalue weighted by atomic mass is 32.2. The fraction of sp³-hybridized carbons (Fsp3) is 0.429. The van der Waals surface area contributed by atoms with Crippen molar-refractivity contribution in [3.8, 4) is 11.5 Å². The average molecular weight is 405 g/mol. The van der Waals surface area contributed by atoms with Gasteiger partial charge in [-0.05, 0) is 48.2 Å². The zero-order valence-corrected chi connectivity index (χ0v) is 16.4. The first-order valence-electron chi connectivity index (χ1n) is 9.58. The van der Waals surface area contributed by atoms with Crippen molar-refractivity contribution in [3.05, 3.63) is 59.4 Å². The SMILES string of the molecule is O=S(=O)(Cc1cccc(F)c1)NCC1(c2ccc3c(c2)OCCO3)CCCC1. The molecule has 0 radical (unpaired) electrons. The van der Waals surface area contributed by atoms with Gasteiger partial charge in [-0.1, -0.05) is 31.0 Å². The molecule has 0 aromatic heterocycles. The minimum absolute atomic E-state index is 0.234. The van der Waals surface area contributed by atoms with Crippen LogP contribution in [0, 0.1) is 5.82 Å². The molecule has 1 fully saturated rings. The van der Waals surface area contributed by atoms with Crippen LogP contribution in [0.2, 0.25) is 0 Å². The highest BCUT2D eigenvalue weighted by Crippen LogP contribution is 2.44. The van der Waals surface area contributed by atoms with Gasteiger partial charge >= 0.3 is 0 Å². The Morgan fingerprint density at radius 2 is 1.75 bits per heavy atom. The number of hydrogen-bond acceptors (Lipinski definition) is 4. The Balaban J connectivity index is 1.52. The van der Waals surface area contributed by atoms with Crippen molar-refractivity contribution in [1.29, 1.82) is 0 Å². The monoisotopic (exact) mass is 405 g/mol. The lowest BCUT2D eigenvalue weighted by molar-refractivity contribution is 0.171. The van der Waals surface area contributed by atoms with Gasteiger partial charge in [-0.2, -0.15) is 0 Å². The summed E-state index contributed by atoms with van der Waals surface area (Å²) < 4.78 is 52.6. The summed E-state index contributed by atoms with van der Waals surface area (Å²) in [5, 5.41) is 0. The summed E-state index contributed by atoms with van der Waals surface area (Å²) in [5.74, 6) is 0.783. The van der Waals surface area contributed by atoms with Gasteiger partial charge in [0.25, 0.3) is 0 Å². The van der Waals surface area contributed by atoms with E-state index in [2.05, 4.69) is 4.72 Å². The quantitative estimate of drug-likeness (QED) is 0.799. The highest BCUT2D eigenvalue weighted by molar-refractivity contribution is 7.88. The molecule has 0 spiro atoms. The van der Waals surface area contributed by atoms with Crippen LogP contribution in [0.25, 0.3) is 0 Å². The summed E-state index contributed by atoms with van der Waals surface area (Å²) in [6.45, 7) is 1.38. The lowest BCUT2D eigenvalue weighted by Crippen LogP contribution is -2.39. The number of nitrogens with one attached hydrogen (secondary N) is 1. The number of fused-ring (bicyclic) bond motifs is 1. The van der Waals surface area contributed by atoms with E-state index in [1.54, 1.807) is 6.07 Å². The molecule has 1 aliphatic carbocycles. The third kappa shape index (κ3) is 4.15. The maximum absolute atomic E-state index is 13.4. The molecule has 0 amide bonds. The van der Waals surface area contributed by atoms with E-state index in [1.807, 2.05) is 18.2 Å². The Morgan fingerprint density at radius 3 is 2.50 bits per heavy atom. The third-order valence-electron chi connectivity index (χ3n) is 5.59. The molecule has 1 heterocycles. The molecule has 4 rings (SSSR count). The number of sulfonamides is 1. The first-order chi connectivity index (χ1) is 13.5. The molecular weight excluding hydrogens is 381 g/mol. The Kier molecular flexibility index (Phi) is 5.29. The van der Waals surface area contributed by atoms with Crippen LogP contribution in [0.15, 0.2) is 42.5 Å². The second-order valence-electron chi connectivity index (χ2n) is 7.56. The maximum atomic E-state index is 13.4. The second kappa shape index (κ2) is 7.72. The summed E-state index contributed by atoms with van der Waals surface area (Å²) in [4.78, 5) is 0. The molecule has 7 heteroatoms. The minimum atomic E-state index is -3.57. The minimum Gasteiger partial charge on any atom is -0.486 e. The second-order valence-corrected chi connectivity index (χ2v) is 9.36. The summed E-state index contributed by atoms with van der Waals surface area (Å²) in [6, 6.07) is 11.6. The van der Waals surface area contributed by atoms with Crippen LogP contribution in [-0.4, -0.2) is 28.2 Å². The van der Waals surface area contributed by atoms with Crippen LogP contribution >= 0.6 is 0 Å². The molecule has 2 aromatic carbocycles. The van der Waals surface area contributed by atoms with Gasteiger partial charge in [-0.15, -0.1) is 0 Å². The Bertz CT molecular complexity index is 955. The molecule has 0 atom stereocenters. The Morgan fingerprint density at radius 1 is 1.00 bits per heavy atom. The normalized spacial score (nSPS) is 18.2. The molecule has 0 saturated heterocycles. The van der Waals surface area contributed by atoms with Crippen molar-refractivity contribution in [2.24, 2.45) is 0 Å². The standard InChI is InChI=1S/C21H24FNO4S/c22-18-5-3-4-16(12-18)14-28(24,25)23-15-21(8-1-2-9-21)17-6-7-19-20(13-17)27-11-10-26-19/h3-7,12-13,23H,1-2,8-11,14-15H2. The van der Waals surface area contributed by atoms with E-state index in [4.69, 9.17) is 9.47 Å². The Labute approximate surface area is 164 Å². The molecule has 0 bridgehead atoms. The van der Waals surface area contributed by atoms with Gasteiger partial charge in [0.05, 0.1) is 5.75 Å². The Hall–Kier alpha value is -2.12. The summed E-state index contributed by atoms with van der Waals surface area (Å²) in [5.41, 5.74) is 1.25. The molecule has 1 aliphatic heterocycles. The molecular formula is C21H24FNO4S. The molecule has 1 N–H and O–H groups in total. The molecule has 2 aliphatic rings. The van der Waals surface area contributed by atoms with E-state index >= 15 is 0 Å². The van der Waals surface area contributed by atoms with Gasteiger partial charge in [0.15, 0.2) is 11.5 Å². The predicted molar refractivity (Wildman–Crippen MR) is 105 cm³/mol. The third-order valence-corrected chi connectivity index (χ3v) is 6.89. The highest BCUT2D eigenvalue weighted by Gasteiger charge is 2.37. The van der Waals surface area contributed by atoms with Crippen LogP contribution in [-0.2, 0) is 21.2 Å². The average Bonchev–Trinajstić information content (AvgIpc) is 3.16.